The van der Waals surface area contributed by atoms with Crippen molar-refractivity contribution in [3.63, 3.8) is 0 Å². The van der Waals surface area contributed by atoms with Crippen molar-refractivity contribution in [3.8, 4) is 0 Å². The molecule has 3 nitrogen and oxygen atoms in total. The first-order valence-corrected chi connectivity index (χ1v) is 9.11. The average molecular weight is 296 g/mol. The molecule has 4 aliphatic heterocycles. The van der Waals surface area contributed by atoms with Gasteiger partial charge in [-0.3, -0.25) is 4.90 Å². The topological polar surface area (TPSA) is 24.5 Å². The highest BCUT2D eigenvalue weighted by Crippen LogP contribution is 2.67. The molecule has 3 heteroatoms. The summed E-state index contributed by atoms with van der Waals surface area (Å²) in [5.41, 5.74) is 3.12. The van der Waals surface area contributed by atoms with Gasteiger partial charge in [-0.1, -0.05) is 18.2 Å². The molecule has 4 fully saturated rings. The molecule has 2 bridgehead atoms. The smallest absolute Gasteiger partial charge is 0.136 e. The Bertz CT molecular complexity index is 646. The lowest BCUT2D eigenvalue weighted by molar-refractivity contribution is -0.276. The summed E-state index contributed by atoms with van der Waals surface area (Å²) >= 11 is 0. The van der Waals surface area contributed by atoms with Gasteiger partial charge in [0.1, 0.15) is 5.72 Å². The van der Waals surface area contributed by atoms with Crippen molar-refractivity contribution in [3.05, 3.63) is 29.8 Å². The largest absolute Gasteiger partial charge is 0.381 e. The lowest BCUT2D eigenvalue weighted by Crippen LogP contribution is -2.73. The van der Waals surface area contributed by atoms with E-state index in [1.165, 1.54) is 50.9 Å². The number of nitrogens with zero attached hydrogens (tertiary/aromatic N) is 1. The molecule has 1 aromatic rings. The molecule has 5 aliphatic rings. The van der Waals surface area contributed by atoms with Crippen LogP contribution in [0.5, 0.6) is 0 Å². The molecule has 1 saturated carbocycles. The van der Waals surface area contributed by atoms with Gasteiger partial charge in [-0.15, -0.1) is 0 Å². The lowest BCUT2D eigenvalue weighted by Gasteiger charge is -2.63. The van der Waals surface area contributed by atoms with E-state index in [0.717, 1.165) is 18.4 Å². The Labute approximate surface area is 132 Å². The first-order valence-electron chi connectivity index (χ1n) is 9.11. The van der Waals surface area contributed by atoms with Gasteiger partial charge in [0.25, 0.3) is 0 Å². The van der Waals surface area contributed by atoms with Crippen LogP contribution in [0, 0.1) is 11.8 Å². The normalized spacial score (nSPS) is 48.3. The Morgan fingerprint density at radius 1 is 1.09 bits per heavy atom. The first kappa shape index (κ1) is 12.4. The zero-order valence-electron chi connectivity index (χ0n) is 13.1. The Morgan fingerprint density at radius 3 is 3.05 bits per heavy atom. The molecule has 6 rings (SSSR count). The van der Waals surface area contributed by atoms with Crippen LogP contribution >= 0.6 is 0 Å². The number of anilines is 1. The van der Waals surface area contributed by atoms with Crippen LogP contribution in [0.4, 0.5) is 5.69 Å². The van der Waals surface area contributed by atoms with Crippen molar-refractivity contribution < 1.29 is 4.74 Å². The highest BCUT2D eigenvalue weighted by Gasteiger charge is 2.74. The minimum Gasteiger partial charge on any atom is -0.381 e. The van der Waals surface area contributed by atoms with E-state index in [-0.39, 0.29) is 11.1 Å². The molecule has 4 heterocycles. The van der Waals surface area contributed by atoms with Crippen LogP contribution in [0.1, 0.15) is 37.7 Å². The molecular formula is C19H24N2O. The van der Waals surface area contributed by atoms with Crippen LogP contribution in [0.2, 0.25) is 0 Å². The lowest BCUT2D eigenvalue weighted by atomic mass is 9.54. The molecule has 5 unspecified atom stereocenters. The van der Waals surface area contributed by atoms with E-state index in [1.807, 2.05) is 0 Å². The van der Waals surface area contributed by atoms with E-state index in [9.17, 15) is 0 Å². The third kappa shape index (κ3) is 1.11. The maximum atomic E-state index is 6.77. The van der Waals surface area contributed by atoms with E-state index in [4.69, 9.17) is 4.74 Å². The predicted molar refractivity (Wildman–Crippen MR) is 85.9 cm³/mol. The molecule has 5 atom stereocenters. The number of nitrogens with one attached hydrogen (secondary N) is 1. The Kier molecular flexibility index (Phi) is 2.18. The number of hydrogen-bond acceptors (Lipinski definition) is 3. The summed E-state index contributed by atoms with van der Waals surface area (Å²) in [5.74, 6) is 1.65. The van der Waals surface area contributed by atoms with Gasteiger partial charge in [0.2, 0.25) is 0 Å². The summed E-state index contributed by atoms with van der Waals surface area (Å²) in [6.07, 6.45) is 6.61. The molecule has 0 aromatic heterocycles. The highest BCUT2D eigenvalue weighted by molar-refractivity contribution is 5.65. The van der Waals surface area contributed by atoms with E-state index >= 15 is 0 Å². The summed E-state index contributed by atoms with van der Waals surface area (Å²) in [6.45, 7) is 3.43. The van der Waals surface area contributed by atoms with Gasteiger partial charge < -0.3 is 10.1 Å². The second-order valence-electron chi connectivity index (χ2n) is 8.02. The van der Waals surface area contributed by atoms with Crippen molar-refractivity contribution in [2.45, 2.75) is 49.3 Å². The van der Waals surface area contributed by atoms with Crippen LogP contribution in [0.3, 0.4) is 0 Å². The monoisotopic (exact) mass is 296 g/mol. The van der Waals surface area contributed by atoms with E-state index in [2.05, 4.69) is 34.5 Å². The molecule has 0 amide bonds. The SMILES string of the molecule is c1ccc2c(c1)NC1CCC3C4CCOC35N(CC4)CCC215. The maximum Gasteiger partial charge on any atom is 0.136 e. The third-order valence-corrected chi connectivity index (χ3v) is 7.64. The van der Waals surface area contributed by atoms with Crippen molar-refractivity contribution >= 4 is 5.69 Å². The van der Waals surface area contributed by atoms with E-state index in [0.29, 0.717) is 6.04 Å². The number of piperidine rings is 1. The number of rotatable bonds is 0. The average Bonchev–Trinajstić information content (AvgIpc) is 3.05. The third-order valence-electron chi connectivity index (χ3n) is 7.64. The van der Waals surface area contributed by atoms with Gasteiger partial charge in [0, 0.05) is 37.3 Å². The Balaban J connectivity index is 1.63. The molecule has 1 N–H and O–H groups in total. The summed E-state index contributed by atoms with van der Waals surface area (Å²) < 4.78 is 6.77. The minimum absolute atomic E-state index is 0.00329. The fourth-order valence-corrected chi connectivity index (χ4v) is 7.01. The number of benzene rings is 1. The van der Waals surface area contributed by atoms with Gasteiger partial charge in [0.15, 0.2) is 0 Å². The standard InChI is InChI=1S/C19H24N2O/c1-2-4-16-15(3-1)18-9-11-21-10-7-13-8-12-22-19(18,21)14(13)5-6-17(18)20-16/h1-4,13-14,17,20H,5-12H2. The van der Waals surface area contributed by atoms with Crippen molar-refractivity contribution in [1.29, 1.82) is 0 Å². The van der Waals surface area contributed by atoms with Gasteiger partial charge >= 0.3 is 0 Å². The molecule has 3 saturated heterocycles. The summed E-state index contributed by atoms with van der Waals surface area (Å²) in [6, 6.07) is 9.63. The molecule has 1 aliphatic carbocycles. The molecule has 1 aromatic carbocycles. The zero-order valence-corrected chi connectivity index (χ0v) is 13.1. The van der Waals surface area contributed by atoms with Crippen LogP contribution in [0.25, 0.3) is 0 Å². The van der Waals surface area contributed by atoms with Crippen molar-refractivity contribution in [2.75, 3.05) is 25.0 Å². The number of ether oxygens (including phenoxy) is 1. The second kappa shape index (κ2) is 3.88. The van der Waals surface area contributed by atoms with Crippen LogP contribution < -0.4 is 5.32 Å². The van der Waals surface area contributed by atoms with Crippen molar-refractivity contribution in [1.82, 2.24) is 4.90 Å². The highest BCUT2D eigenvalue weighted by atomic mass is 16.5. The fraction of sp³-hybridized carbons (Fsp3) is 0.684. The number of para-hydroxylation sites is 1. The van der Waals surface area contributed by atoms with Gasteiger partial charge in [-0.25, -0.2) is 0 Å². The second-order valence-corrected chi connectivity index (χ2v) is 8.02. The Morgan fingerprint density at radius 2 is 2.05 bits per heavy atom. The summed E-state index contributed by atoms with van der Waals surface area (Å²) in [7, 11) is 0. The van der Waals surface area contributed by atoms with E-state index in [1.54, 1.807) is 5.56 Å². The van der Waals surface area contributed by atoms with Gasteiger partial charge in [-0.05, 0) is 49.7 Å². The van der Waals surface area contributed by atoms with Gasteiger partial charge in [-0.2, -0.15) is 0 Å². The summed E-state index contributed by atoms with van der Waals surface area (Å²) in [4.78, 5) is 2.74. The number of hydrogen-bond donors (Lipinski definition) is 1. The van der Waals surface area contributed by atoms with Crippen LogP contribution in [-0.4, -0.2) is 36.4 Å². The van der Waals surface area contributed by atoms with Crippen molar-refractivity contribution in [2.24, 2.45) is 11.8 Å². The van der Waals surface area contributed by atoms with Gasteiger partial charge in [0.05, 0.1) is 5.41 Å². The van der Waals surface area contributed by atoms with Crippen LogP contribution in [-0.2, 0) is 10.2 Å². The minimum atomic E-state index is -0.00329. The maximum absolute atomic E-state index is 6.77. The molecule has 2 spiro atoms. The predicted octanol–water partition coefficient (Wildman–Crippen LogP) is 2.97. The molecular weight excluding hydrogens is 272 g/mol. The quantitative estimate of drug-likeness (QED) is 0.796. The molecule has 0 radical (unpaired) electrons. The molecule has 22 heavy (non-hydrogen) atoms. The zero-order chi connectivity index (χ0) is 14.4. The number of fused-ring (bicyclic) bond motifs is 1. The fourth-order valence-electron chi connectivity index (χ4n) is 7.01. The first-order chi connectivity index (χ1) is 10.9. The van der Waals surface area contributed by atoms with Crippen LogP contribution in [0.15, 0.2) is 24.3 Å². The summed E-state index contributed by atoms with van der Waals surface area (Å²) in [5, 5.41) is 3.88. The molecule has 116 valence electrons. The van der Waals surface area contributed by atoms with E-state index < -0.39 is 0 Å². The Hall–Kier alpha value is -1.06.